The van der Waals surface area contributed by atoms with Crippen LogP contribution >= 0.6 is 0 Å². The minimum Gasteiger partial charge on any atom is -0.376 e. The Morgan fingerprint density at radius 1 is 1.19 bits per heavy atom. The average molecular weight is 366 g/mol. The zero-order valence-electron chi connectivity index (χ0n) is 15.0. The van der Waals surface area contributed by atoms with Crippen LogP contribution in [0.1, 0.15) is 34.5 Å². The van der Waals surface area contributed by atoms with E-state index >= 15 is 0 Å². The molecule has 1 saturated heterocycles. The molecule has 0 bridgehead atoms. The highest BCUT2D eigenvalue weighted by atomic mass is 16.5. The van der Waals surface area contributed by atoms with Crippen LogP contribution in [0.5, 0.6) is 0 Å². The molecule has 2 aliphatic rings. The second kappa shape index (κ2) is 7.75. The van der Waals surface area contributed by atoms with E-state index < -0.39 is 0 Å². The molecule has 4 rings (SSSR count). The fraction of sp³-hybridized carbons (Fsp3) is 0.350. The van der Waals surface area contributed by atoms with Gasteiger partial charge in [0.25, 0.3) is 5.91 Å². The molecule has 0 radical (unpaired) electrons. The van der Waals surface area contributed by atoms with E-state index in [-0.39, 0.29) is 18.0 Å². The summed E-state index contributed by atoms with van der Waals surface area (Å²) < 4.78 is 5.50. The number of hydrogen-bond acceptors (Lipinski definition) is 4. The number of rotatable bonds is 4. The first kappa shape index (κ1) is 17.5. The smallest absolute Gasteiger partial charge is 0.322 e. The molecule has 2 N–H and O–H groups in total. The number of amides is 3. The normalized spacial score (nSPS) is 18.2. The standard InChI is InChI=1S/C20H22N4O3/c25-19(22-11-17-4-2-10-27-17)14-5-7-16(8-6-14)23-20(26)24-12-15-3-1-9-21-18(15)13-24/h1,3,5-9,17H,2,4,10-13H2,(H,22,25)(H,23,26)/t17-/m1/s1. The number of anilines is 1. The Morgan fingerprint density at radius 3 is 2.78 bits per heavy atom. The van der Waals surface area contributed by atoms with Gasteiger partial charge in [0.05, 0.1) is 18.3 Å². The maximum absolute atomic E-state index is 12.4. The summed E-state index contributed by atoms with van der Waals surface area (Å²) >= 11 is 0. The van der Waals surface area contributed by atoms with Gasteiger partial charge >= 0.3 is 6.03 Å². The fourth-order valence-electron chi connectivity index (χ4n) is 3.36. The van der Waals surface area contributed by atoms with E-state index in [1.165, 1.54) is 0 Å². The number of fused-ring (bicyclic) bond motifs is 1. The summed E-state index contributed by atoms with van der Waals surface area (Å²) in [7, 11) is 0. The van der Waals surface area contributed by atoms with E-state index in [4.69, 9.17) is 4.74 Å². The Kier molecular flexibility index (Phi) is 5.02. The van der Waals surface area contributed by atoms with Crippen LogP contribution in [0.2, 0.25) is 0 Å². The monoisotopic (exact) mass is 366 g/mol. The lowest BCUT2D eigenvalue weighted by Gasteiger charge is -2.16. The van der Waals surface area contributed by atoms with Crippen molar-refractivity contribution in [3.8, 4) is 0 Å². The van der Waals surface area contributed by atoms with Crippen LogP contribution in [0.3, 0.4) is 0 Å². The molecule has 2 aliphatic heterocycles. The molecule has 0 saturated carbocycles. The van der Waals surface area contributed by atoms with Gasteiger partial charge in [0.1, 0.15) is 0 Å². The summed E-state index contributed by atoms with van der Waals surface area (Å²) in [6.45, 7) is 2.36. The van der Waals surface area contributed by atoms with E-state index in [0.29, 0.717) is 30.9 Å². The molecule has 0 aliphatic carbocycles. The average Bonchev–Trinajstić information content (AvgIpc) is 3.36. The Bertz CT molecular complexity index is 806. The third kappa shape index (κ3) is 4.09. The topological polar surface area (TPSA) is 83.6 Å². The van der Waals surface area contributed by atoms with E-state index in [2.05, 4.69) is 15.6 Å². The van der Waals surface area contributed by atoms with Crippen molar-refractivity contribution >= 4 is 17.6 Å². The van der Waals surface area contributed by atoms with Crippen molar-refractivity contribution < 1.29 is 14.3 Å². The largest absolute Gasteiger partial charge is 0.376 e. The zero-order valence-corrected chi connectivity index (χ0v) is 15.0. The third-order valence-electron chi connectivity index (χ3n) is 4.89. The number of pyridine rings is 1. The second-order valence-corrected chi connectivity index (χ2v) is 6.82. The predicted octanol–water partition coefficient (Wildman–Crippen LogP) is 2.54. The van der Waals surface area contributed by atoms with Crippen molar-refractivity contribution in [2.45, 2.75) is 32.0 Å². The number of hydrogen-bond donors (Lipinski definition) is 2. The van der Waals surface area contributed by atoms with Gasteiger partial charge in [0.2, 0.25) is 0 Å². The SMILES string of the molecule is O=C(NC[C@H]1CCCO1)c1ccc(NC(=O)N2Cc3cccnc3C2)cc1. The summed E-state index contributed by atoms with van der Waals surface area (Å²) in [6, 6.07) is 10.6. The quantitative estimate of drug-likeness (QED) is 0.871. The van der Waals surface area contributed by atoms with E-state index in [0.717, 1.165) is 30.7 Å². The molecule has 7 nitrogen and oxygen atoms in total. The molecule has 1 fully saturated rings. The van der Waals surface area contributed by atoms with Crippen molar-refractivity contribution in [2.75, 3.05) is 18.5 Å². The third-order valence-corrected chi connectivity index (χ3v) is 4.89. The molecule has 1 aromatic heterocycles. The van der Waals surface area contributed by atoms with E-state index in [1.54, 1.807) is 35.4 Å². The molecule has 140 valence electrons. The summed E-state index contributed by atoms with van der Waals surface area (Å²) in [5.74, 6) is -0.135. The highest BCUT2D eigenvalue weighted by Crippen LogP contribution is 2.21. The van der Waals surface area contributed by atoms with Gasteiger partial charge in [-0.1, -0.05) is 6.07 Å². The first-order valence-corrected chi connectivity index (χ1v) is 9.17. The van der Waals surface area contributed by atoms with Crippen LogP contribution in [0.15, 0.2) is 42.6 Å². The van der Waals surface area contributed by atoms with Crippen molar-refractivity contribution in [1.82, 2.24) is 15.2 Å². The Hall–Kier alpha value is -2.93. The number of carbonyl (C=O) groups is 2. The number of nitrogens with one attached hydrogen (secondary N) is 2. The molecular weight excluding hydrogens is 344 g/mol. The van der Waals surface area contributed by atoms with Gasteiger partial charge in [-0.15, -0.1) is 0 Å². The number of benzene rings is 1. The second-order valence-electron chi connectivity index (χ2n) is 6.82. The van der Waals surface area contributed by atoms with Crippen molar-refractivity contribution in [3.05, 3.63) is 59.4 Å². The van der Waals surface area contributed by atoms with Gasteiger partial charge in [-0.25, -0.2) is 4.79 Å². The van der Waals surface area contributed by atoms with Crippen LogP contribution in [-0.2, 0) is 17.8 Å². The molecule has 7 heteroatoms. The molecule has 3 amide bonds. The van der Waals surface area contributed by atoms with Crippen molar-refractivity contribution in [3.63, 3.8) is 0 Å². The van der Waals surface area contributed by atoms with Gasteiger partial charge in [-0.3, -0.25) is 9.78 Å². The number of urea groups is 1. The minimum absolute atomic E-state index is 0.117. The van der Waals surface area contributed by atoms with Gasteiger partial charge in [0, 0.05) is 37.1 Å². The number of carbonyl (C=O) groups excluding carboxylic acids is 2. The van der Waals surface area contributed by atoms with E-state index in [1.807, 2.05) is 12.1 Å². The molecule has 1 aromatic carbocycles. The lowest BCUT2D eigenvalue weighted by Crippen LogP contribution is -2.32. The zero-order chi connectivity index (χ0) is 18.6. The highest BCUT2D eigenvalue weighted by molar-refractivity contribution is 5.95. The van der Waals surface area contributed by atoms with Gasteiger partial charge in [0.15, 0.2) is 0 Å². The molecule has 27 heavy (non-hydrogen) atoms. The Morgan fingerprint density at radius 2 is 2.04 bits per heavy atom. The number of aromatic nitrogens is 1. The number of nitrogens with zero attached hydrogens (tertiary/aromatic N) is 2. The maximum atomic E-state index is 12.4. The lowest BCUT2D eigenvalue weighted by molar-refractivity contribution is 0.0858. The first-order valence-electron chi connectivity index (χ1n) is 9.17. The first-order chi connectivity index (χ1) is 13.2. The fourth-order valence-corrected chi connectivity index (χ4v) is 3.36. The molecule has 3 heterocycles. The summed E-state index contributed by atoms with van der Waals surface area (Å²) in [6.07, 6.45) is 3.89. The minimum atomic E-state index is -0.177. The Balaban J connectivity index is 1.30. The molecular formula is C20H22N4O3. The van der Waals surface area contributed by atoms with Crippen molar-refractivity contribution in [2.24, 2.45) is 0 Å². The maximum Gasteiger partial charge on any atom is 0.322 e. The number of ether oxygens (including phenoxy) is 1. The molecule has 2 aromatic rings. The van der Waals surface area contributed by atoms with E-state index in [9.17, 15) is 9.59 Å². The molecule has 0 unspecified atom stereocenters. The summed E-state index contributed by atoms with van der Waals surface area (Å²) in [4.78, 5) is 30.7. The van der Waals surface area contributed by atoms with Crippen LogP contribution in [0.25, 0.3) is 0 Å². The molecule has 1 atom stereocenters. The Labute approximate surface area is 157 Å². The van der Waals surface area contributed by atoms with Crippen LogP contribution in [0.4, 0.5) is 10.5 Å². The van der Waals surface area contributed by atoms with Crippen LogP contribution in [0, 0.1) is 0 Å². The van der Waals surface area contributed by atoms with Crippen LogP contribution < -0.4 is 10.6 Å². The van der Waals surface area contributed by atoms with Gasteiger partial charge in [-0.05, 0) is 48.7 Å². The molecule has 0 spiro atoms. The van der Waals surface area contributed by atoms with Gasteiger partial charge < -0.3 is 20.3 Å². The summed E-state index contributed by atoms with van der Waals surface area (Å²) in [5, 5.41) is 5.76. The highest BCUT2D eigenvalue weighted by Gasteiger charge is 2.24. The van der Waals surface area contributed by atoms with Gasteiger partial charge in [-0.2, -0.15) is 0 Å². The lowest BCUT2D eigenvalue weighted by atomic mass is 10.2. The summed E-state index contributed by atoms with van der Waals surface area (Å²) in [5.41, 5.74) is 3.22. The van der Waals surface area contributed by atoms with Crippen molar-refractivity contribution in [1.29, 1.82) is 0 Å². The van der Waals surface area contributed by atoms with Crippen LogP contribution in [-0.4, -0.2) is 41.1 Å². The predicted molar refractivity (Wildman–Crippen MR) is 100 cm³/mol.